The summed E-state index contributed by atoms with van der Waals surface area (Å²) in [6, 6.07) is 8.60. The molecule has 144 valence electrons. The van der Waals surface area contributed by atoms with Crippen LogP contribution in [0.4, 0.5) is 17.6 Å². The van der Waals surface area contributed by atoms with E-state index in [1.54, 1.807) is 0 Å². The minimum atomic E-state index is -4.45. The lowest BCUT2D eigenvalue weighted by molar-refractivity contribution is -0.145. The summed E-state index contributed by atoms with van der Waals surface area (Å²) in [4.78, 5) is 24.1. The lowest BCUT2D eigenvalue weighted by Gasteiger charge is -2.17. The van der Waals surface area contributed by atoms with Crippen LogP contribution in [0.15, 0.2) is 48.5 Å². The zero-order valence-corrected chi connectivity index (χ0v) is 14.3. The molecule has 0 aliphatic rings. The monoisotopic (exact) mass is 383 g/mol. The van der Waals surface area contributed by atoms with Crippen LogP contribution in [-0.4, -0.2) is 25.0 Å². The summed E-state index contributed by atoms with van der Waals surface area (Å²) in [5, 5.41) is 2.49. The van der Waals surface area contributed by atoms with Crippen LogP contribution >= 0.6 is 0 Å². The molecule has 0 bridgehead atoms. The van der Waals surface area contributed by atoms with Crippen LogP contribution in [0.25, 0.3) is 0 Å². The van der Waals surface area contributed by atoms with E-state index in [0.29, 0.717) is 11.1 Å². The molecule has 0 aromatic heterocycles. The van der Waals surface area contributed by atoms with Gasteiger partial charge in [0.25, 0.3) is 0 Å². The van der Waals surface area contributed by atoms with Crippen molar-refractivity contribution < 1.29 is 31.9 Å². The number of amides is 1. The molecule has 27 heavy (non-hydrogen) atoms. The van der Waals surface area contributed by atoms with Gasteiger partial charge < -0.3 is 10.1 Å². The van der Waals surface area contributed by atoms with E-state index in [0.717, 1.165) is 12.1 Å². The number of carbonyl (C=O) groups is 2. The van der Waals surface area contributed by atoms with Gasteiger partial charge in [0.15, 0.2) is 0 Å². The largest absolute Gasteiger partial charge is 0.467 e. The van der Waals surface area contributed by atoms with E-state index >= 15 is 0 Å². The van der Waals surface area contributed by atoms with Gasteiger partial charge in [-0.2, -0.15) is 13.2 Å². The normalized spacial score (nSPS) is 12.3. The maximum Gasteiger partial charge on any atom is 0.416 e. The van der Waals surface area contributed by atoms with E-state index in [4.69, 9.17) is 0 Å². The Bertz CT molecular complexity index is 786. The Morgan fingerprint density at radius 2 is 1.56 bits per heavy atom. The molecule has 8 heteroatoms. The molecular weight excluding hydrogens is 366 g/mol. The fourth-order valence-corrected chi connectivity index (χ4v) is 2.43. The fraction of sp³-hybridized carbons (Fsp3) is 0.263. The van der Waals surface area contributed by atoms with E-state index < -0.39 is 35.5 Å². The van der Waals surface area contributed by atoms with Crippen molar-refractivity contribution in [3.05, 3.63) is 71.0 Å². The molecule has 1 amide bonds. The molecule has 1 N–H and O–H groups in total. The standard InChI is InChI=1S/C19H17F4NO3/c1-27-18(26)16(10-12-4-8-15(20)9-5-12)24-17(25)11-13-2-6-14(7-3-13)19(21,22)23/h2-9,16H,10-11H2,1H3,(H,24,25)/t16-/m1/s1. The highest BCUT2D eigenvalue weighted by Gasteiger charge is 2.30. The lowest BCUT2D eigenvalue weighted by atomic mass is 10.0. The van der Waals surface area contributed by atoms with Gasteiger partial charge in [0, 0.05) is 6.42 Å². The molecule has 0 aliphatic carbocycles. The third kappa shape index (κ3) is 6.09. The molecule has 2 aromatic carbocycles. The van der Waals surface area contributed by atoms with Gasteiger partial charge in [-0.1, -0.05) is 24.3 Å². The van der Waals surface area contributed by atoms with Crippen LogP contribution in [0.2, 0.25) is 0 Å². The number of alkyl halides is 3. The number of benzene rings is 2. The third-order valence-electron chi connectivity index (χ3n) is 3.82. The number of esters is 1. The molecule has 0 saturated carbocycles. The van der Waals surface area contributed by atoms with Crippen LogP contribution in [0.5, 0.6) is 0 Å². The lowest BCUT2D eigenvalue weighted by Crippen LogP contribution is -2.43. The van der Waals surface area contributed by atoms with E-state index in [1.165, 1.54) is 43.5 Å². The number of ether oxygens (including phenoxy) is 1. The second-order valence-electron chi connectivity index (χ2n) is 5.85. The molecule has 4 nitrogen and oxygen atoms in total. The third-order valence-corrected chi connectivity index (χ3v) is 3.82. The van der Waals surface area contributed by atoms with Gasteiger partial charge in [0.2, 0.25) is 5.91 Å². The van der Waals surface area contributed by atoms with Crippen molar-refractivity contribution >= 4 is 11.9 Å². The van der Waals surface area contributed by atoms with Gasteiger partial charge in [-0.25, -0.2) is 9.18 Å². The molecule has 2 aromatic rings. The first-order chi connectivity index (χ1) is 12.7. The first kappa shape index (κ1) is 20.4. The Balaban J connectivity index is 2.02. The van der Waals surface area contributed by atoms with Crippen LogP contribution in [-0.2, 0) is 33.3 Å². The highest BCUT2D eigenvalue weighted by Crippen LogP contribution is 2.29. The number of nitrogens with one attached hydrogen (secondary N) is 1. The van der Waals surface area contributed by atoms with Crippen molar-refractivity contribution in [2.45, 2.75) is 25.1 Å². The summed E-state index contributed by atoms with van der Waals surface area (Å²) in [7, 11) is 1.17. The molecule has 0 heterocycles. The average molecular weight is 383 g/mol. The highest BCUT2D eigenvalue weighted by molar-refractivity contribution is 5.85. The second kappa shape index (κ2) is 8.66. The van der Waals surface area contributed by atoms with Crippen molar-refractivity contribution in [2.24, 2.45) is 0 Å². The zero-order valence-electron chi connectivity index (χ0n) is 14.3. The van der Waals surface area contributed by atoms with Crippen molar-refractivity contribution in [1.82, 2.24) is 5.32 Å². The summed E-state index contributed by atoms with van der Waals surface area (Å²) in [6.07, 6.45) is -4.56. The summed E-state index contributed by atoms with van der Waals surface area (Å²) in [5.41, 5.74) is 0.169. The van der Waals surface area contributed by atoms with Gasteiger partial charge in [-0.3, -0.25) is 4.79 Å². The summed E-state index contributed by atoms with van der Waals surface area (Å²) >= 11 is 0. The number of hydrogen-bond donors (Lipinski definition) is 1. The van der Waals surface area contributed by atoms with Crippen molar-refractivity contribution in [2.75, 3.05) is 7.11 Å². The van der Waals surface area contributed by atoms with Gasteiger partial charge in [0.05, 0.1) is 19.1 Å². The van der Waals surface area contributed by atoms with Crippen LogP contribution in [0.1, 0.15) is 16.7 Å². The topological polar surface area (TPSA) is 55.4 Å². The van der Waals surface area contributed by atoms with E-state index in [2.05, 4.69) is 10.1 Å². The first-order valence-electron chi connectivity index (χ1n) is 7.97. The number of halogens is 4. The minimum absolute atomic E-state index is 0.0890. The molecule has 0 spiro atoms. The molecule has 0 radical (unpaired) electrons. The Hall–Kier alpha value is -2.90. The van der Waals surface area contributed by atoms with Gasteiger partial charge in [-0.15, -0.1) is 0 Å². The van der Waals surface area contributed by atoms with Crippen molar-refractivity contribution in [1.29, 1.82) is 0 Å². The maximum atomic E-state index is 13.0. The molecule has 2 rings (SSSR count). The van der Waals surface area contributed by atoms with Gasteiger partial charge in [-0.05, 0) is 35.4 Å². The average Bonchev–Trinajstić information content (AvgIpc) is 2.62. The van der Waals surface area contributed by atoms with Crippen LogP contribution in [0.3, 0.4) is 0 Å². The molecule has 0 aliphatic heterocycles. The summed E-state index contributed by atoms with van der Waals surface area (Å²) in [5.74, 6) is -1.66. The quantitative estimate of drug-likeness (QED) is 0.615. The fourth-order valence-electron chi connectivity index (χ4n) is 2.43. The SMILES string of the molecule is COC(=O)[C@@H](Cc1ccc(F)cc1)NC(=O)Cc1ccc(C(F)(F)F)cc1. The Kier molecular flexibility index (Phi) is 6.55. The minimum Gasteiger partial charge on any atom is -0.467 e. The maximum absolute atomic E-state index is 13.0. The van der Waals surface area contributed by atoms with Gasteiger partial charge >= 0.3 is 12.1 Å². The molecule has 0 saturated heterocycles. The van der Waals surface area contributed by atoms with Crippen LogP contribution < -0.4 is 5.32 Å². The summed E-state index contributed by atoms with van der Waals surface area (Å²) in [6.45, 7) is 0. The van der Waals surface area contributed by atoms with E-state index in [9.17, 15) is 27.2 Å². The predicted octanol–water partition coefficient (Wildman–Crippen LogP) is 3.29. The van der Waals surface area contributed by atoms with E-state index in [-0.39, 0.29) is 12.8 Å². The zero-order chi connectivity index (χ0) is 20.0. The predicted molar refractivity (Wildman–Crippen MR) is 89.2 cm³/mol. The number of methoxy groups -OCH3 is 1. The molecule has 1 atom stereocenters. The summed E-state index contributed by atoms with van der Waals surface area (Å²) < 4.78 is 55.3. The van der Waals surface area contributed by atoms with Gasteiger partial charge in [0.1, 0.15) is 11.9 Å². The Morgan fingerprint density at radius 3 is 2.07 bits per heavy atom. The number of rotatable bonds is 6. The Labute approximate surface area is 153 Å². The van der Waals surface area contributed by atoms with Crippen molar-refractivity contribution in [3.63, 3.8) is 0 Å². The number of hydrogen-bond acceptors (Lipinski definition) is 3. The molecule has 0 unspecified atom stereocenters. The number of carbonyl (C=O) groups excluding carboxylic acids is 2. The van der Waals surface area contributed by atoms with Crippen molar-refractivity contribution in [3.8, 4) is 0 Å². The highest BCUT2D eigenvalue weighted by atomic mass is 19.4. The molecule has 0 fully saturated rings. The molecular formula is C19H17F4NO3. The van der Waals surface area contributed by atoms with Crippen LogP contribution in [0, 0.1) is 5.82 Å². The first-order valence-corrected chi connectivity index (χ1v) is 7.97. The Morgan fingerprint density at radius 1 is 1.00 bits per heavy atom. The second-order valence-corrected chi connectivity index (χ2v) is 5.85. The smallest absolute Gasteiger partial charge is 0.416 e. The van der Waals surface area contributed by atoms with E-state index in [1.807, 2.05) is 0 Å².